The van der Waals surface area contributed by atoms with Gasteiger partial charge >= 0.3 is 0 Å². The molecule has 20 heavy (non-hydrogen) atoms. The van der Waals surface area contributed by atoms with Crippen LogP contribution in [0.2, 0.25) is 0 Å². The van der Waals surface area contributed by atoms with Crippen molar-refractivity contribution in [1.82, 2.24) is 19.8 Å². The number of carbonyl (C=O) groups is 1. The first-order valence-electron chi connectivity index (χ1n) is 7.30. The molecule has 3 rings (SSSR count). The molecule has 2 unspecified atom stereocenters. The van der Waals surface area contributed by atoms with Gasteiger partial charge in [0.05, 0.1) is 6.61 Å². The molecule has 1 N–H and O–H groups in total. The van der Waals surface area contributed by atoms with Crippen molar-refractivity contribution < 1.29 is 9.53 Å². The molecule has 3 heterocycles. The Morgan fingerprint density at radius 1 is 1.55 bits per heavy atom. The van der Waals surface area contributed by atoms with E-state index in [1.807, 2.05) is 19.4 Å². The van der Waals surface area contributed by atoms with E-state index in [4.69, 9.17) is 4.74 Å². The highest BCUT2D eigenvalue weighted by Gasteiger charge is 2.26. The standard InChI is InChI=1S/C14H22N4O2/c1-17-6-7-20-12(10-17)14(19)16-9-11-2-4-18-5-3-15-13(18)8-11/h3,5,11-12H,2,4,6-10H2,1H3,(H,16,19). The number of nitrogens with zero attached hydrogens (tertiary/aromatic N) is 3. The van der Waals surface area contributed by atoms with Gasteiger partial charge in [-0.3, -0.25) is 4.79 Å². The van der Waals surface area contributed by atoms with E-state index in [1.54, 1.807) is 0 Å². The predicted octanol–water partition coefficient (Wildman–Crippen LogP) is -0.108. The number of amides is 1. The van der Waals surface area contributed by atoms with Gasteiger partial charge in [0.15, 0.2) is 0 Å². The van der Waals surface area contributed by atoms with Crippen LogP contribution in [-0.4, -0.2) is 59.8 Å². The lowest BCUT2D eigenvalue weighted by molar-refractivity contribution is -0.138. The van der Waals surface area contributed by atoms with Gasteiger partial charge in [0.25, 0.3) is 0 Å². The largest absolute Gasteiger partial charge is 0.366 e. The van der Waals surface area contributed by atoms with E-state index in [1.165, 1.54) is 0 Å². The normalized spacial score (nSPS) is 27.1. The average Bonchev–Trinajstić information content (AvgIpc) is 2.92. The number of aromatic nitrogens is 2. The van der Waals surface area contributed by atoms with E-state index in [-0.39, 0.29) is 12.0 Å². The average molecular weight is 278 g/mol. The first-order valence-corrected chi connectivity index (χ1v) is 7.30. The summed E-state index contributed by atoms with van der Waals surface area (Å²) < 4.78 is 7.72. The lowest BCUT2D eigenvalue weighted by atomic mass is 9.98. The second kappa shape index (κ2) is 5.93. The molecule has 0 radical (unpaired) electrons. The second-order valence-corrected chi connectivity index (χ2v) is 5.76. The van der Waals surface area contributed by atoms with Gasteiger partial charge in [-0.1, -0.05) is 0 Å². The molecule has 1 amide bonds. The number of likely N-dealkylation sites (N-methyl/N-ethyl adjacent to an activating group) is 1. The zero-order valence-electron chi connectivity index (χ0n) is 11.9. The summed E-state index contributed by atoms with van der Waals surface area (Å²) in [5.41, 5.74) is 0. The smallest absolute Gasteiger partial charge is 0.250 e. The summed E-state index contributed by atoms with van der Waals surface area (Å²) in [6.45, 7) is 3.93. The van der Waals surface area contributed by atoms with Gasteiger partial charge in [-0.05, 0) is 19.4 Å². The highest BCUT2D eigenvalue weighted by Crippen LogP contribution is 2.18. The predicted molar refractivity (Wildman–Crippen MR) is 74.3 cm³/mol. The third kappa shape index (κ3) is 3.02. The maximum Gasteiger partial charge on any atom is 0.250 e. The number of aryl methyl sites for hydroxylation is 1. The zero-order chi connectivity index (χ0) is 13.9. The number of rotatable bonds is 3. The quantitative estimate of drug-likeness (QED) is 0.838. The third-order valence-electron chi connectivity index (χ3n) is 4.18. The molecule has 0 saturated carbocycles. The molecule has 0 spiro atoms. The minimum Gasteiger partial charge on any atom is -0.366 e. The van der Waals surface area contributed by atoms with Crippen molar-refractivity contribution in [3.05, 3.63) is 18.2 Å². The van der Waals surface area contributed by atoms with Crippen molar-refractivity contribution in [2.75, 3.05) is 33.3 Å². The summed E-state index contributed by atoms with van der Waals surface area (Å²) >= 11 is 0. The molecule has 2 aliphatic heterocycles. The first-order chi connectivity index (χ1) is 9.72. The van der Waals surface area contributed by atoms with Gasteiger partial charge in [0, 0.05) is 45.0 Å². The fraction of sp³-hybridized carbons (Fsp3) is 0.714. The maximum absolute atomic E-state index is 12.1. The maximum atomic E-state index is 12.1. The number of hydrogen-bond donors (Lipinski definition) is 1. The van der Waals surface area contributed by atoms with Crippen LogP contribution in [0.15, 0.2) is 12.4 Å². The second-order valence-electron chi connectivity index (χ2n) is 5.76. The summed E-state index contributed by atoms with van der Waals surface area (Å²) in [6.07, 6.45) is 5.59. The topological polar surface area (TPSA) is 59.4 Å². The SMILES string of the molecule is CN1CCOC(C(=O)NCC2CCn3ccnc3C2)C1. The van der Waals surface area contributed by atoms with Crippen LogP contribution >= 0.6 is 0 Å². The monoisotopic (exact) mass is 278 g/mol. The lowest BCUT2D eigenvalue weighted by Gasteiger charge is -2.30. The lowest BCUT2D eigenvalue weighted by Crippen LogP contribution is -2.49. The van der Waals surface area contributed by atoms with E-state index in [0.717, 1.165) is 38.3 Å². The Balaban J connectivity index is 1.47. The summed E-state index contributed by atoms with van der Waals surface area (Å²) in [6, 6.07) is 0. The summed E-state index contributed by atoms with van der Waals surface area (Å²) in [5.74, 6) is 1.63. The number of morpholine rings is 1. The van der Waals surface area contributed by atoms with Crippen LogP contribution in [0.5, 0.6) is 0 Å². The van der Waals surface area contributed by atoms with Crippen LogP contribution in [0, 0.1) is 5.92 Å². The van der Waals surface area contributed by atoms with Crippen LogP contribution in [0.1, 0.15) is 12.2 Å². The van der Waals surface area contributed by atoms with Gasteiger partial charge in [-0.15, -0.1) is 0 Å². The number of carbonyl (C=O) groups excluding carboxylic acids is 1. The minimum atomic E-state index is -0.320. The summed E-state index contributed by atoms with van der Waals surface area (Å²) in [7, 11) is 2.02. The van der Waals surface area contributed by atoms with Crippen LogP contribution in [0.25, 0.3) is 0 Å². The fourth-order valence-corrected chi connectivity index (χ4v) is 2.88. The molecule has 1 aromatic rings. The Bertz CT molecular complexity index is 473. The molecule has 0 aliphatic carbocycles. The Morgan fingerprint density at radius 3 is 3.30 bits per heavy atom. The van der Waals surface area contributed by atoms with Gasteiger partial charge in [0.1, 0.15) is 11.9 Å². The highest BCUT2D eigenvalue weighted by atomic mass is 16.5. The molecule has 2 aliphatic rings. The van der Waals surface area contributed by atoms with E-state index in [9.17, 15) is 4.79 Å². The van der Waals surface area contributed by atoms with Gasteiger partial charge in [0.2, 0.25) is 5.91 Å². The molecule has 1 aromatic heterocycles. The number of fused-ring (bicyclic) bond motifs is 1. The molecular weight excluding hydrogens is 256 g/mol. The zero-order valence-corrected chi connectivity index (χ0v) is 11.9. The van der Waals surface area contributed by atoms with Gasteiger partial charge in [-0.25, -0.2) is 4.98 Å². The number of nitrogens with one attached hydrogen (secondary N) is 1. The number of hydrogen-bond acceptors (Lipinski definition) is 4. The van der Waals surface area contributed by atoms with Crippen molar-refractivity contribution in [1.29, 1.82) is 0 Å². The Labute approximate surface area is 119 Å². The third-order valence-corrected chi connectivity index (χ3v) is 4.18. The molecule has 6 nitrogen and oxygen atoms in total. The molecule has 110 valence electrons. The fourth-order valence-electron chi connectivity index (χ4n) is 2.88. The number of imidazole rings is 1. The number of ether oxygens (including phenoxy) is 1. The van der Waals surface area contributed by atoms with Crippen LogP contribution in [-0.2, 0) is 22.5 Å². The van der Waals surface area contributed by atoms with Crippen molar-refractivity contribution in [3.8, 4) is 0 Å². The van der Waals surface area contributed by atoms with E-state index < -0.39 is 0 Å². The minimum absolute atomic E-state index is 0.0189. The van der Waals surface area contributed by atoms with E-state index >= 15 is 0 Å². The van der Waals surface area contributed by atoms with Gasteiger partial charge < -0.3 is 19.5 Å². The van der Waals surface area contributed by atoms with Crippen LogP contribution < -0.4 is 5.32 Å². The van der Waals surface area contributed by atoms with Crippen molar-refractivity contribution >= 4 is 5.91 Å². The van der Waals surface area contributed by atoms with Crippen LogP contribution in [0.4, 0.5) is 0 Å². The van der Waals surface area contributed by atoms with Crippen molar-refractivity contribution in [3.63, 3.8) is 0 Å². The Hall–Kier alpha value is -1.40. The summed E-state index contributed by atoms with van der Waals surface area (Å²) in [4.78, 5) is 18.6. The van der Waals surface area contributed by atoms with Crippen molar-refractivity contribution in [2.24, 2.45) is 5.92 Å². The first kappa shape index (κ1) is 13.6. The van der Waals surface area contributed by atoms with E-state index in [0.29, 0.717) is 19.1 Å². The van der Waals surface area contributed by atoms with E-state index in [2.05, 4.69) is 19.8 Å². The molecule has 0 aromatic carbocycles. The van der Waals surface area contributed by atoms with Gasteiger partial charge in [-0.2, -0.15) is 0 Å². The van der Waals surface area contributed by atoms with Crippen molar-refractivity contribution in [2.45, 2.75) is 25.5 Å². The molecule has 1 fully saturated rings. The summed E-state index contributed by atoms with van der Waals surface area (Å²) in [5, 5.41) is 3.04. The molecular formula is C14H22N4O2. The Kier molecular flexibility index (Phi) is 4.03. The highest BCUT2D eigenvalue weighted by molar-refractivity contribution is 5.81. The van der Waals surface area contributed by atoms with Crippen LogP contribution in [0.3, 0.4) is 0 Å². The molecule has 1 saturated heterocycles. The molecule has 2 atom stereocenters. The molecule has 0 bridgehead atoms. The Morgan fingerprint density at radius 2 is 2.45 bits per heavy atom. The molecule has 6 heteroatoms.